The van der Waals surface area contributed by atoms with Gasteiger partial charge in [0.25, 0.3) is 0 Å². The van der Waals surface area contributed by atoms with E-state index >= 15 is 0 Å². The van der Waals surface area contributed by atoms with Crippen molar-refractivity contribution in [1.29, 1.82) is 0 Å². The van der Waals surface area contributed by atoms with Crippen LogP contribution >= 0.6 is 0 Å². The van der Waals surface area contributed by atoms with Gasteiger partial charge in [0.2, 0.25) is 5.91 Å². The molecular weight excluding hydrogens is 323 g/mol. The lowest BCUT2D eigenvalue weighted by Gasteiger charge is -2.47. The van der Waals surface area contributed by atoms with Crippen LogP contribution in [-0.2, 0) is 16.0 Å². The first-order valence-corrected chi connectivity index (χ1v) is 9.00. The Hall–Kier alpha value is -1.50. The molecule has 138 valence electrons. The lowest BCUT2D eigenvalue weighted by Crippen LogP contribution is -2.59. The topological polar surface area (TPSA) is 53.0 Å². The van der Waals surface area contributed by atoms with E-state index in [0.29, 0.717) is 25.6 Å². The van der Waals surface area contributed by atoms with Crippen molar-refractivity contribution in [2.75, 3.05) is 39.4 Å². The van der Waals surface area contributed by atoms with Gasteiger partial charge in [-0.05, 0) is 30.5 Å². The van der Waals surface area contributed by atoms with Crippen LogP contribution in [0.4, 0.5) is 4.39 Å². The zero-order chi connectivity index (χ0) is 17.9. The number of morpholine rings is 1. The number of ether oxygens (including phenoxy) is 1. The molecule has 0 radical (unpaired) electrons. The third kappa shape index (κ3) is 4.37. The highest BCUT2D eigenvalue weighted by Crippen LogP contribution is 2.27. The fourth-order valence-electron chi connectivity index (χ4n) is 3.96. The van der Waals surface area contributed by atoms with Crippen molar-refractivity contribution in [3.05, 3.63) is 35.6 Å². The van der Waals surface area contributed by atoms with Crippen molar-refractivity contribution in [1.82, 2.24) is 9.80 Å². The molecular formula is C19H27FN2O3. The standard InChI is InChI=1S/C19H27FN2O3/c1-15(24)21-8-6-18(7-9-21)22-10-11-25-19(13-22,14-23)12-16-2-4-17(20)5-3-16/h2-5,18,23H,6-14H2,1H3. The molecule has 1 N–H and O–H groups in total. The van der Waals surface area contributed by atoms with Crippen LogP contribution in [-0.4, -0.2) is 71.8 Å². The maximum Gasteiger partial charge on any atom is 0.219 e. The number of nitrogens with zero attached hydrogens (tertiary/aromatic N) is 2. The average Bonchev–Trinajstić information content (AvgIpc) is 2.64. The molecule has 25 heavy (non-hydrogen) atoms. The van der Waals surface area contributed by atoms with Crippen LogP contribution in [0.2, 0.25) is 0 Å². The van der Waals surface area contributed by atoms with E-state index in [1.54, 1.807) is 19.1 Å². The average molecular weight is 350 g/mol. The van der Waals surface area contributed by atoms with Gasteiger partial charge in [0.15, 0.2) is 0 Å². The van der Waals surface area contributed by atoms with Crippen LogP contribution in [0.1, 0.15) is 25.3 Å². The molecule has 0 aliphatic carbocycles. The van der Waals surface area contributed by atoms with Crippen LogP contribution < -0.4 is 0 Å². The predicted octanol–water partition coefficient (Wildman–Crippen LogP) is 1.44. The first kappa shape index (κ1) is 18.3. The Balaban J connectivity index is 1.64. The van der Waals surface area contributed by atoms with Gasteiger partial charge in [-0.2, -0.15) is 0 Å². The molecule has 0 saturated carbocycles. The zero-order valence-corrected chi connectivity index (χ0v) is 14.8. The molecule has 3 rings (SSSR count). The molecule has 0 spiro atoms. The van der Waals surface area contributed by atoms with Crippen molar-refractivity contribution in [3.63, 3.8) is 0 Å². The Bertz CT molecular complexity index is 587. The van der Waals surface area contributed by atoms with E-state index in [-0.39, 0.29) is 18.3 Å². The molecule has 2 heterocycles. The normalized spacial score (nSPS) is 26.0. The predicted molar refractivity (Wildman–Crippen MR) is 92.7 cm³/mol. The van der Waals surface area contributed by atoms with Gasteiger partial charge in [0.05, 0.1) is 13.2 Å². The number of amides is 1. The molecule has 6 heteroatoms. The third-order valence-corrected chi connectivity index (χ3v) is 5.43. The Morgan fingerprint density at radius 3 is 2.56 bits per heavy atom. The molecule has 1 unspecified atom stereocenters. The molecule has 1 aromatic carbocycles. The quantitative estimate of drug-likeness (QED) is 0.893. The number of likely N-dealkylation sites (tertiary alicyclic amines) is 1. The Morgan fingerprint density at radius 1 is 1.28 bits per heavy atom. The van der Waals surface area contributed by atoms with Crippen LogP contribution in [0.25, 0.3) is 0 Å². The molecule has 2 aliphatic heterocycles. The highest BCUT2D eigenvalue weighted by atomic mass is 19.1. The van der Waals surface area contributed by atoms with Gasteiger partial charge in [-0.3, -0.25) is 9.69 Å². The number of piperidine rings is 1. The number of carbonyl (C=O) groups is 1. The molecule has 1 atom stereocenters. The number of carbonyl (C=O) groups excluding carboxylic acids is 1. The Kier molecular flexibility index (Phi) is 5.71. The van der Waals surface area contributed by atoms with Crippen molar-refractivity contribution in [2.45, 2.75) is 37.8 Å². The number of aliphatic hydroxyl groups is 1. The second kappa shape index (κ2) is 7.81. The van der Waals surface area contributed by atoms with Gasteiger partial charge >= 0.3 is 0 Å². The van der Waals surface area contributed by atoms with E-state index in [9.17, 15) is 14.3 Å². The van der Waals surface area contributed by atoms with E-state index in [4.69, 9.17) is 4.74 Å². The lowest BCUT2D eigenvalue weighted by atomic mass is 9.91. The number of hydrogen-bond acceptors (Lipinski definition) is 4. The first-order valence-electron chi connectivity index (χ1n) is 9.00. The fourth-order valence-corrected chi connectivity index (χ4v) is 3.96. The van der Waals surface area contributed by atoms with Crippen molar-refractivity contribution >= 4 is 5.91 Å². The van der Waals surface area contributed by atoms with Crippen LogP contribution in [0.5, 0.6) is 0 Å². The fraction of sp³-hybridized carbons (Fsp3) is 0.632. The Morgan fingerprint density at radius 2 is 1.96 bits per heavy atom. The van der Waals surface area contributed by atoms with Crippen molar-refractivity contribution in [3.8, 4) is 0 Å². The van der Waals surface area contributed by atoms with E-state index in [1.165, 1.54) is 12.1 Å². The first-order chi connectivity index (χ1) is 12.0. The summed E-state index contributed by atoms with van der Waals surface area (Å²) in [4.78, 5) is 15.8. The van der Waals surface area contributed by atoms with Gasteiger partial charge in [0.1, 0.15) is 11.4 Å². The van der Waals surface area contributed by atoms with Crippen LogP contribution in [0.15, 0.2) is 24.3 Å². The summed E-state index contributed by atoms with van der Waals surface area (Å²) in [5.74, 6) is -0.119. The molecule has 1 aromatic rings. The SMILES string of the molecule is CC(=O)N1CCC(N2CCOC(CO)(Cc3ccc(F)cc3)C2)CC1. The van der Waals surface area contributed by atoms with Gasteiger partial charge in [-0.25, -0.2) is 4.39 Å². The maximum absolute atomic E-state index is 13.1. The number of aliphatic hydroxyl groups excluding tert-OH is 1. The van der Waals surface area contributed by atoms with E-state index in [2.05, 4.69) is 4.90 Å². The summed E-state index contributed by atoms with van der Waals surface area (Å²) in [5.41, 5.74) is 0.317. The van der Waals surface area contributed by atoms with Crippen molar-refractivity contribution in [2.24, 2.45) is 0 Å². The Labute approximate surface area is 148 Å². The minimum absolute atomic E-state index is 0.0623. The molecule has 0 aromatic heterocycles. The maximum atomic E-state index is 13.1. The smallest absolute Gasteiger partial charge is 0.219 e. The summed E-state index contributed by atoms with van der Waals surface area (Å²) in [5, 5.41) is 10.0. The summed E-state index contributed by atoms with van der Waals surface area (Å²) >= 11 is 0. The lowest BCUT2D eigenvalue weighted by molar-refractivity contribution is -0.146. The molecule has 2 fully saturated rings. The second-order valence-electron chi connectivity index (χ2n) is 7.20. The summed E-state index contributed by atoms with van der Waals surface area (Å²) in [6.45, 7) is 5.22. The van der Waals surface area contributed by atoms with Crippen molar-refractivity contribution < 1.29 is 19.0 Å². The van der Waals surface area contributed by atoms with Crippen LogP contribution in [0, 0.1) is 5.82 Å². The van der Waals surface area contributed by atoms with Gasteiger partial charge in [-0.15, -0.1) is 0 Å². The summed E-state index contributed by atoms with van der Waals surface area (Å²) in [6, 6.07) is 6.80. The third-order valence-electron chi connectivity index (χ3n) is 5.43. The van der Waals surface area contributed by atoms with Gasteiger partial charge in [0, 0.05) is 45.6 Å². The second-order valence-corrected chi connectivity index (χ2v) is 7.20. The minimum Gasteiger partial charge on any atom is -0.393 e. The summed E-state index contributed by atoms with van der Waals surface area (Å²) in [6.07, 6.45) is 2.47. The number of benzene rings is 1. The van der Waals surface area contributed by atoms with E-state index in [0.717, 1.165) is 38.0 Å². The molecule has 5 nitrogen and oxygen atoms in total. The number of rotatable bonds is 4. The number of halogens is 1. The monoisotopic (exact) mass is 350 g/mol. The highest BCUT2D eigenvalue weighted by molar-refractivity contribution is 5.73. The largest absolute Gasteiger partial charge is 0.393 e. The summed E-state index contributed by atoms with van der Waals surface area (Å²) < 4.78 is 19.1. The molecule has 2 aliphatic rings. The molecule has 1 amide bonds. The molecule has 2 saturated heterocycles. The van der Waals surface area contributed by atoms with Crippen LogP contribution in [0.3, 0.4) is 0 Å². The summed E-state index contributed by atoms with van der Waals surface area (Å²) in [7, 11) is 0. The van der Waals surface area contributed by atoms with E-state index < -0.39 is 5.60 Å². The van der Waals surface area contributed by atoms with Gasteiger partial charge < -0.3 is 14.7 Å². The zero-order valence-electron chi connectivity index (χ0n) is 14.8. The van der Waals surface area contributed by atoms with E-state index in [1.807, 2.05) is 4.90 Å². The number of hydrogen-bond donors (Lipinski definition) is 1. The molecule has 0 bridgehead atoms. The minimum atomic E-state index is -0.645. The van der Waals surface area contributed by atoms with Gasteiger partial charge in [-0.1, -0.05) is 12.1 Å². The highest BCUT2D eigenvalue weighted by Gasteiger charge is 2.39.